The summed E-state index contributed by atoms with van der Waals surface area (Å²) >= 11 is 0. The Morgan fingerprint density at radius 3 is 2.67 bits per heavy atom. The molecule has 21 heavy (non-hydrogen) atoms. The molecule has 0 saturated carbocycles. The molecule has 1 aromatic carbocycles. The van der Waals surface area contributed by atoms with E-state index in [1.165, 1.54) is 0 Å². The zero-order valence-corrected chi connectivity index (χ0v) is 12.9. The third-order valence-corrected chi connectivity index (χ3v) is 3.56. The molecule has 0 bridgehead atoms. The first-order valence-corrected chi connectivity index (χ1v) is 7.32. The second-order valence-corrected chi connectivity index (χ2v) is 6.21. The Balaban J connectivity index is 2.21. The van der Waals surface area contributed by atoms with Crippen LogP contribution in [0.2, 0.25) is 0 Å². The number of nitrogens with zero attached hydrogens (tertiary/aromatic N) is 1. The lowest BCUT2D eigenvalue weighted by atomic mass is 9.90. The molecule has 0 fully saturated rings. The van der Waals surface area contributed by atoms with Crippen molar-refractivity contribution in [2.24, 2.45) is 11.7 Å². The second-order valence-electron chi connectivity index (χ2n) is 6.21. The predicted octanol–water partition coefficient (Wildman–Crippen LogP) is 2.73. The minimum absolute atomic E-state index is 0.172. The molecule has 1 unspecified atom stereocenters. The Morgan fingerprint density at radius 2 is 2.00 bits per heavy atom. The van der Waals surface area contributed by atoms with E-state index in [1.807, 2.05) is 37.3 Å². The highest BCUT2D eigenvalue weighted by atomic mass is 16.2. The Bertz CT molecular complexity index is 639. The van der Waals surface area contributed by atoms with Gasteiger partial charge in [-0.2, -0.15) is 0 Å². The van der Waals surface area contributed by atoms with Gasteiger partial charge in [0.25, 0.3) is 5.91 Å². The van der Waals surface area contributed by atoms with E-state index in [2.05, 4.69) is 24.1 Å². The van der Waals surface area contributed by atoms with E-state index in [-0.39, 0.29) is 5.91 Å². The first-order valence-electron chi connectivity index (χ1n) is 7.32. The Labute approximate surface area is 125 Å². The van der Waals surface area contributed by atoms with Crippen molar-refractivity contribution in [3.05, 3.63) is 42.1 Å². The van der Waals surface area contributed by atoms with Crippen LogP contribution < -0.4 is 11.1 Å². The van der Waals surface area contributed by atoms with Crippen molar-refractivity contribution in [3.8, 4) is 0 Å². The molecular formula is C17H23N3O. The van der Waals surface area contributed by atoms with Gasteiger partial charge in [-0.1, -0.05) is 38.1 Å². The van der Waals surface area contributed by atoms with E-state index >= 15 is 0 Å². The van der Waals surface area contributed by atoms with Gasteiger partial charge in [0.05, 0.1) is 11.1 Å². The third-order valence-electron chi connectivity index (χ3n) is 3.56. The number of fused-ring (bicyclic) bond motifs is 1. The van der Waals surface area contributed by atoms with Crippen LogP contribution in [0.15, 0.2) is 36.4 Å². The molecule has 0 aliphatic rings. The molecule has 1 aromatic heterocycles. The second kappa shape index (κ2) is 6.22. The minimum Gasteiger partial charge on any atom is -0.344 e. The van der Waals surface area contributed by atoms with Crippen LogP contribution >= 0.6 is 0 Å². The number of nitrogens with one attached hydrogen (secondary N) is 1. The van der Waals surface area contributed by atoms with Crippen LogP contribution in [0, 0.1) is 5.92 Å². The highest BCUT2D eigenvalue weighted by molar-refractivity contribution is 5.95. The summed E-state index contributed by atoms with van der Waals surface area (Å²) in [5.41, 5.74) is 6.68. The average molecular weight is 285 g/mol. The first kappa shape index (κ1) is 15.4. The van der Waals surface area contributed by atoms with E-state index in [0.29, 0.717) is 18.2 Å². The number of nitrogens with two attached hydrogens (primary N) is 1. The van der Waals surface area contributed by atoms with Gasteiger partial charge in [-0.25, -0.2) is 4.98 Å². The Kier molecular flexibility index (Phi) is 4.58. The smallest absolute Gasteiger partial charge is 0.270 e. The summed E-state index contributed by atoms with van der Waals surface area (Å²) in [5, 5.41) is 4.05. The average Bonchev–Trinajstić information content (AvgIpc) is 2.45. The maximum absolute atomic E-state index is 12.4. The van der Waals surface area contributed by atoms with Gasteiger partial charge >= 0.3 is 0 Å². The number of hydrogen-bond acceptors (Lipinski definition) is 3. The van der Waals surface area contributed by atoms with Crippen LogP contribution in [0.25, 0.3) is 10.9 Å². The SMILES string of the molecule is CC(C)CC(C)(CN)NC(=O)c1ccc2ccccc2n1. The monoisotopic (exact) mass is 285 g/mol. The zero-order valence-electron chi connectivity index (χ0n) is 12.9. The molecule has 112 valence electrons. The molecule has 0 saturated heterocycles. The van der Waals surface area contributed by atoms with Crippen LogP contribution in [-0.2, 0) is 0 Å². The van der Waals surface area contributed by atoms with Crippen molar-refractivity contribution in [2.45, 2.75) is 32.7 Å². The molecule has 3 N–H and O–H groups in total. The van der Waals surface area contributed by atoms with E-state index in [0.717, 1.165) is 17.3 Å². The van der Waals surface area contributed by atoms with Gasteiger partial charge in [-0.15, -0.1) is 0 Å². The lowest BCUT2D eigenvalue weighted by molar-refractivity contribution is 0.0893. The summed E-state index contributed by atoms with van der Waals surface area (Å²) in [6, 6.07) is 11.4. The molecule has 0 aliphatic heterocycles. The standard InChI is InChI=1S/C17H23N3O/c1-12(2)10-17(3,11-18)20-16(21)15-9-8-13-6-4-5-7-14(13)19-15/h4-9,12H,10-11,18H2,1-3H3,(H,20,21). The minimum atomic E-state index is -0.404. The number of rotatable bonds is 5. The number of hydrogen-bond donors (Lipinski definition) is 2. The normalized spacial score (nSPS) is 14.1. The van der Waals surface area contributed by atoms with E-state index < -0.39 is 5.54 Å². The van der Waals surface area contributed by atoms with Crippen LogP contribution in [0.1, 0.15) is 37.7 Å². The lowest BCUT2D eigenvalue weighted by Crippen LogP contribution is -2.52. The van der Waals surface area contributed by atoms with Crippen LogP contribution in [0.5, 0.6) is 0 Å². The van der Waals surface area contributed by atoms with E-state index in [9.17, 15) is 4.79 Å². The van der Waals surface area contributed by atoms with Gasteiger partial charge in [-0.3, -0.25) is 4.79 Å². The number of carbonyl (C=O) groups excluding carboxylic acids is 1. The molecule has 1 atom stereocenters. The van der Waals surface area contributed by atoms with Crippen LogP contribution in [-0.4, -0.2) is 23.0 Å². The van der Waals surface area contributed by atoms with Gasteiger partial charge in [0.15, 0.2) is 0 Å². The van der Waals surface area contributed by atoms with Crippen molar-refractivity contribution in [2.75, 3.05) is 6.54 Å². The first-order chi connectivity index (χ1) is 9.93. The molecule has 0 aliphatic carbocycles. The van der Waals surface area contributed by atoms with Crippen molar-refractivity contribution in [1.82, 2.24) is 10.3 Å². The van der Waals surface area contributed by atoms with Crippen LogP contribution in [0.3, 0.4) is 0 Å². The summed E-state index contributed by atoms with van der Waals surface area (Å²) < 4.78 is 0. The number of para-hydroxylation sites is 1. The fraction of sp³-hybridized carbons (Fsp3) is 0.412. The van der Waals surface area contributed by atoms with Crippen LogP contribution in [0.4, 0.5) is 0 Å². The summed E-state index contributed by atoms with van der Waals surface area (Å²) in [6.45, 7) is 6.62. The largest absolute Gasteiger partial charge is 0.344 e. The van der Waals surface area contributed by atoms with E-state index in [4.69, 9.17) is 5.73 Å². The molecular weight excluding hydrogens is 262 g/mol. The fourth-order valence-electron chi connectivity index (χ4n) is 2.62. The highest BCUT2D eigenvalue weighted by Gasteiger charge is 2.26. The predicted molar refractivity (Wildman–Crippen MR) is 86.1 cm³/mol. The maximum Gasteiger partial charge on any atom is 0.270 e. The third kappa shape index (κ3) is 3.79. The molecule has 0 radical (unpaired) electrons. The summed E-state index contributed by atoms with van der Waals surface area (Å²) in [4.78, 5) is 16.8. The zero-order chi connectivity index (χ0) is 15.5. The van der Waals surface area contributed by atoms with Gasteiger partial charge in [0.2, 0.25) is 0 Å². The highest BCUT2D eigenvalue weighted by Crippen LogP contribution is 2.17. The quantitative estimate of drug-likeness (QED) is 0.887. The van der Waals surface area contributed by atoms with Gasteiger partial charge < -0.3 is 11.1 Å². The molecule has 1 heterocycles. The number of aromatic nitrogens is 1. The van der Waals surface area contributed by atoms with E-state index in [1.54, 1.807) is 6.07 Å². The lowest BCUT2D eigenvalue weighted by Gasteiger charge is -2.31. The Hall–Kier alpha value is -1.94. The van der Waals surface area contributed by atoms with Crippen molar-refractivity contribution in [3.63, 3.8) is 0 Å². The number of carbonyl (C=O) groups is 1. The molecule has 2 aromatic rings. The molecule has 4 nitrogen and oxygen atoms in total. The number of benzene rings is 1. The molecule has 4 heteroatoms. The fourth-order valence-corrected chi connectivity index (χ4v) is 2.62. The number of pyridine rings is 1. The summed E-state index contributed by atoms with van der Waals surface area (Å²) in [7, 11) is 0. The topological polar surface area (TPSA) is 68.0 Å². The molecule has 2 rings (SSSR count). The number of amides is 1. The summed E-state index contributed by atoms with van der Waals surface area (Å²) in [6.07, 6.45) is 0.836. The van der Waals surface area contributed by atoms with Crippen molar-refractivity contribution >= 4 is 16.8 Å². The maximum atomic E-state index is 12.4. The molecule has 0 spiro atoms. The van der Waals surface area contributed by atoms with Gasteiger partial charge in [0, 0.05) is 11.9 Å². The van der Waals surface area contributed by atoms with Gasteiger partial charge in [-0.05, 0) is 31.4 Å². The Morgan fingerprint density at radius 1 is 1.29 bits per heavy atom. The van der Waals surface area contributed by atoms with Crippen molar-refractivity contribution in [1.29, 1.82) is 0 Å². The van der Waals surface area contributed by atoms with Crippen molar-refractivity contribution < 1.29 is 4.79 Å². The summed E-state index contributed by atoms with van der Waals surface area (Å²) in [5.74, 6) is 0.290. The molecule has 1 amide bonds. The van der Waals surface area contributed by atoms with Gasteiger partial charge in [0.1, 0.15) is 5.69 Å².